The summed E-state index contributed by atoms with van der Waals surface area (Å²) in [5.74, 6) is -1.50. The average Bonchev–Trinajstić information content (AvgIpc) is 3.05. The Balaban J connectivity index is 1.82. The highest BCUT2D eigenvalue weighted by atomic mass is 19.1. The SMILES string of the molecule is O=C(O)[C@@H]1CCCN1C(=O)Cc1c[nH]c2cc(F)ccc12. The van der Waals surface area contributed by atoms with Gasteiger partial charge in [0.25, 0.3) is 0 Å². The minimum Gasteiger partial charge on any atom is -0.480 e. The minimum atomic E-state index is -0.957. The molecule has 0 bridgehead atoms. The van der Waals surface area contributed by atoms with Crippen LogP contribution >= 0.6 is 0 Å². The first-order chi connectivity index (χ1) is 10.1. The third kappa shape index (κ3) is 2.49. The van der Waals surface area contributed by atoms with Crippen molar-refractivity contribution in [1.29, 1.82) is 0 Å². The number of carboxylic acid groups (broad SMARTS) is 1. The first-order valence-corrected chi connectivity index (χ1v) is 6.84. The Hall–Kier alpha value is -2.37. The van der Waals surface area contributed by atoms with E-state index in [2.05, 4.69) is 4.98 Å². The van der Waals surface area contributed by atoms with E-state index in [1.54, 1.807) is 12.3 Å². The van der Waals surface area contributed by atoms with Crippen molar-refractivity contribution in [3.05, 3.63) is 35.8 Å². The van der Waals surface area contributed by atoms with Gasteiger partial charge in [-0.3, -0.25) is 4.79 Å². The molecule has 0 spiro atoms. The zero-order chi connectivity index (χ0) is 15.0. The van der Waals surface area contributed by atoms with Gasteiger partial charge in [-0.25, -0.2) is 9.18 Å². The summed E-state index contributed by atoms with van der Waals surface area (Å²) in [4.78, 5) is 27.8. The summed E-state index contributed by atoms with van der Waals surface area (Å²) in [5, 5.41) is 9.91. The van der Waals surface area contributed by atoms with Crippen molar-refractivity contribution in [1.82, 2.24) is 9.88 Å². The molecule has 1 amide bonds. The fraction of sp³-hybridized carbons (Fsp3) is 0.333. The monoisotopic (exact) mass is 290 g/mol. The highest BCUT2D eigenvalue weighted by Crippen LogP contribution is 2.23. The summed E-state index contributed by atoms with van der Waals surface area (Å²) in [7, 11) is 0. The first kappa shape index (κ1) is 13.6. The molecular formula is C15H15FN2O3. The predicted molar refractivity (Wildman–Crippen MR) is 74.3 cm³/mol. The summed E-state index contributed by atoms with van der Waals surface area (Å²) >= 11 is 0. The summed E-state index contributed by atoms with van der Waals surface area (Å²) < 4.78 is 13.1. The highest BCUT2D eigenvalue weighted by Gasteiger charge is 2.33. The molecule has 0 unspecified atom stereocenters. The number of halogens is 1. The van der Waals surface area contributed by atoms with Crippen LogP contribution in [0.1, 0.15) is 18.4 Å². The van der Waals surface area contributed by atoms with E-state index >= 15 is 0 Å². The summed E-state index contributed by atoms with van der Waals surface area (Å²) in [5.41, 5.74) is 1.39. The molecule has 3 rings (SSSR count). The van der Waals surface area contributed by atoms with Crippen LogP contribution in [0.4, 0.5) is 4.39 Å². The molecule has 1 saturated heterocycles. The number of benzene rings is 1. The molecule has 1 atom stereocenters. The number of rotatable bonds is 3. The number of carbonyl (C=O) groups excluding carboxylic acids is 1. The van der Waals surface area contributed by atoms with Gasteiger partial charge in [0.1, 0.15) is 11.9 Å². The molecule has 0 aliphatic carbocycles. The lowest BCUT2D eigenvalue weighted by atomic mass is 10.1. The van der Waals surface area contributed by atoms with Crippen LogP contribution in [0, 0.1) is 5.82 Å². The molecule has 0 saturated carbocycles. The van der Waals surface area contributed by atoms with Crippen molar-refractivity contribution in [2.24, 2.45) is 0 Å². The van der Waals surface area contributed by atoms with Crippen molar-refractivity contribution in [3.8, 4) is 0 Å². The maximum Gasteiger partial charge on any atom is 0.326 e. The minimum absolute atomic E-state index is 0.120. The summed E-state index contributed by atoms with van der Waals surface area (Å²) in [6.07, 6.45) is 3.01. The second-order valence-corrected chi connectivity index (χ2v) is 5.26. The second-order valence-electron chi connectivity index (χ2n) is 5.26. The normalized spacial score (nSPS) is 18.3. The van der Waals surface area contributed by atoms with Crippen molar-refractivity contribution >= 4 is 22.8 Å². The average molecular weight is 290 g/mol. The maximum atomic E-state index is 13.1. The third-order valence-corrected chi connectivity index (χ3v) is 3.93. The number of aromatic nitrogens is 1. The molecule has 2 aromatic rings. The molecule has 5 nitrogen and oxygen atoms in total. The van der Waals surface area contributed by atoms with E-state index in [0.717, 1.165) is 10.9 Å². The molecule has 2 heterocycles. The fourth-order valence-electron chi connectivity index (χ4n) is 2.89. The molecular weight excluding hydrogens is 275 g/mol. The van der Waals surface area contributed by atoms with Gasteiger partial charge in [-0.2, -0.15) is 0 Å². The number of H-pyrrole nitrogens is 1. The van der Waals surface area contributed by atoms with Gasteiger partial charge < -0.3 is 15.0 Å². The molecule has 1 aliphatic heterocycles. The molecule has 1 aromatic heterocycles. The van der Waals surface area contributed by atoms with E-state index in [1.165, 1.54) is 17.0 Å². The largest absolute Gasteiger partial charge is 0.480 e. The van der Waals surface area contributed by atoms with E-state index in [9.17, 15) is 14.0 Å². The number of carboxylic acids is 1. The number of likely N-dealkylation sites (tertiary alicyclic amines) is 1. The molecule has 6 heteroatoms. The quantitative estimate of drug-likeness (QED) is 0.907. The number of aliphatic carboxylic acids is 1. The topological polar surface area (TPSA) is 73.4 Å². The van der Waals surface area contributed by atoms with E-state index in [-0.39, 0.29) is 18.1 Å². The predicted octanol–water partition coefficient (Wildman–Crippen LogP) is 1.93. The summed E-state index contributed by atoms with van der Waals surface area (Å²) in [6, 6.07) is 3.63. The van der Waals surface area contributed by atoms with Crippen LogP contribution in [-0.4, -0.2) is 39.5 Å². The van der Waals surface area contributed by atoms with Gasteiger partial charge in [0.2, 0.25) is 5.91 Å². The lowest BCUT2D eigenvalue weighted by molar-refractivity contribution is -0.147. The zero-order valence-electron chi connectivity index (χ0n) is 11.3. The Bertz CT molecular complexity index is 710. The highest BCUT2D eigenvalue weighted by molar-refractivity contribution is 5.90. The number of amides is 1. The number of aromatic amines is 1. The zero-order valence-corrected chi connectivity index (χ0v) is 11.3. The fourth-order valence-corrected chi connectivity index (χ4v) is 2.89. The van der Waals surface area contributed by atoms with E-state index in [0.29, 0.717) is 24.9 Å². The van der Waals surface area contributed by atoms with Gasteiger partial charge in [-0.15, -0.1) is 0 Å². The van der Waals surface area contributed by atoms with Crippen LogP contribution in [0.15, 0.2) is 24.4 Å². The van der Waals surface area contributed by atoms with Crippen LogP contribution in [0.3, 0.4) is 0 Å². The van der Waals surface area contributed by atoms with Gasteiger partial charge in [-0.05, 0) is 36.6 Å². The molecule has 2 N–H and O–H groups in total. The maximum absolute atomic E-state index is 13.1. The van der Waals surface area contributed by atoms with Gasteiger partial charge >= 0.3 is 5.97 Å². The summed E-state index contributed by atoms with van der Waals surface area (Å²) in [6.45, 7) is 0.479. The number of nitrogens with zero attached hydrogens (tertiary/aromatic N) is 1. The standard InChI is InChI=1S/C15H15FN2O3/c16-10-3-4-11-9(8-17-12(11)7-10)6-14(19)18-5-1-2-13(18)15(20)21/h3-4,7-8,13,17H,1-2,5-6H2,(H,20,21)/t13-/m0/s1. The number of hydrogen-bond donors (Lipinski definition) is 2. The van der Waals surface area contributed by atoms with Crippen LogP contribution < -0.4 is 0 Å². The molecule has 1 aromatic carbocycles. The second kappa shape index (κ2) is 5.20. The number of nitrogens with one attached hydrogen (secondary N) is 1. The van der Waals surface area contributed by atoms with Crippen molar-refractivity contribution in [2.75, 3.05) is 6.54 Å². The number of carbonyl (C=O) groups is 2. The first-order valence-electron chi connectivity index (χ1n) is 6.84. The molecule has 0 radical (unpaired) electrons. The molecule has 21 heavy (non-hydrogen) atoms. The van der Waals surface area contributed by atoms with Crippen molar-refractivity contribution in [3.63, 3.8) is 0 Å². The van der Waals surface area contributed by atoms with Gasteiger partial charge in [0.15, 0.2) is 0 Å². The lowest BCUT2D eigenvalue weighted by Crippen LogP contribution is -2.41. The van der Waals surface area contributed by atoms with E-state index in [1.807, 2.05) is 0 Å². The van der Waals surface area contributed by atoms with E-state index < -0.39 is 12.0 Å². The molecule has 1 fully saturated rings. The van der Waals surface area contributed by atoms with Gasteiger partial charge in [0.05, 0.1) is 6.42 Å². The Kier molecular flexibility index (Phi) is 3.37. The van der Waals surface area contributed by atoms with Crippen molar-refractivity contribution in [2.45, 2.75) is 25.3 Å². The Morgan fingerprint density at radius 3 is 3.00 bits per heavy atom. The Morgan fingerprint density at radius 2 is 2.24 bits per heavy atom. The van der Waals surface area contributed by atoms with E-state index in [4.69, 9.17) is 5.11 Å². The van der Waals surface area contributed by atoms with Crippen LogP contribution in [-0.2, 0) is 16.0 Å². The third-order valence-electron chi connectivity index (χ3n) is 3.93. The Labute approximate surface area is 120 Å². The van der Waals surface area contributed by atoms with Gasteiger partial charge in [-0.1, -0.05) is 0 Å². The number of fused-ring (bicyclic) bond motifs is 1. The smallest absolute Gasteiger partial charge is 0.326 e. The van der Waals surface area contributed by atoms with Crippen LogP contribution in [0.5, 0.6) is 0 Å². The Morgan fingerprint density at radius 1 is 1.43 bits per heavy atom. The van der Waals surface area contributed by atoms with Gasteiger partial charge in [0, 0.05) is 23.6 Å². The van der Waals surface area contributed by atoms with Crippen molar-refractivity contribution < 1.29 is 19.1 Å². The number of hydrogen-bond acceptors (Lipinski definition) is 2. The van der Waals surface area contributed by atoms with Crippen LogP contribution in [0.25, 0.3) is 10.9 Å². The molecule has 110 valence electrons. The lowest BCUT2D eigenvalue weighted by Gasteiger charge is -2.21. The van der Waals surface area contributed by atoms with Crippen LogP contribution in [0.2, 0.25) is 0 Å². The molecule has 1 aliphatic rings.